The summed E-state index contributed by atoms with van der Waals surface area (Å²) in [6.07, 6.45) is 5.67. The zero-order chi connectivity index (χ0) is 16.2. The number of hydrogen-bond donors (Lipinski definition) is 2. The van der Waals surface area contributed by atoms with Crippen molar-refractivity contribution in [2.45, 2.75) is 18.9 Å². The fourth-order valence-corrected chi connectivity index (χ4v) is 2.56. The van der Waals surface area contributed by atoms with Crippen LogP contribution < -0.4 is 11.1 Å². The first-order chi connectivity index (χ1) is 11.1. The Labute approximate surface area is 132 Å². The summed E-state index contributed by atoms with van der Waals surface area (Å²) in [5.41, 5.74) is 5.77. The summed E-state index contributed by atoms with van der Waals surface area (Å²) in [6, 6.07) is 3.31. The van der Waals surface area contributed by atoms with Crippen LogP contribution in [0.25, 0.3) is 0 Å². The quantitative estimate of drug-likeness (QED) is 0.861. The Morgan fingerprint density at radius 1 is 1.26 bits per heavy atom. The van der Waals surface area contributed by atoms with Gasteiger partial charge in [0.15, 0.2) is 17.3 Å². The van der Waals surface area contributed by atoms with Gasteiger partial charge < -0.3 is 20.4 Å². The number of nitrogens with one attached hydrogen (secondary N) is 1. The molecule has 0 unspecified atom stereocenters. The first-order valence-electron chi connectivity index (χ1n) is 7.35. The first kappa shape index (κ1) is 15.0. The first-order valence-corrected chi connectivity index (χ1v) is 7.35. The van der Waals surface area contributed by atoms with Crippen molar-refractivity contribution in [3.8, 4) is 0 Å². The van der Waals surface area contributed by atoms with Crippen molar-refractivity contribution in [3.05, 3.63) is 42.2 Å². The highest BCUT2D eigenvalue weighted by atomic mass is 16.3. The number of nitrogens with two attached hydrogens (primary N) is 1. The molecule has 3 heterocycles. The highest BCUT2D eigenvalue weighted by Crippen LogP contribution is 2.15. The zero-order valence-electron chi connectivity index (χ0n) is 12.4. The Kier molecular flexibility index (Phi) is 4.22. The Morgan fingerprint density at radius 3 is 2.65 bits per heavy atom. The van der Waals surface area contributed by atoms with Crippen LogP contribution in [0.5, 0.6) is 0 Å². The Balaban J connectivity index is 1.54. The van der Waals surface area contributed by atoms with Crippen LogP contribution >= 0.6 is 0 Å². The standard InChI is InChI=1S/C15H17N5O3/c16-13-12(17-5-6-18-13)14(21)19-10-3-7-20(8-4-10)15(22)11-2-1-9-23-11/h1-2,5-6,9-10H,3-4,7-8H2,(H2,16,18)(H,19,21). The van der Waals surface area contributed by atoms with Crippen molar-refractivity contribution in [3.63, 3.8) is 0 Å². The van der Waals surface area contributed by atoms with Crippen molar-refractivity contribution < 1.29 is 14.0 Å². The predicted molar refractivity (Wildman–Crippen MR) is 81.5 cm³/mol. The number of anilines is 1. The van der Waals surface area contributed by atoms with E-state index in [9.17, 15) is 9.59 Å². The van der Waals surface area contributed by atoms with Crippen molar-refractivity contribution in [2.24, 2.45) is 0 Å². The van der Waals surface area contributed by atoms with Crippen LogP contribution in [0.4, 0.5) is 5.82 Å². The Bertz CT molecular complexity index is 693. The largest absolute Gasteiger partial charge is 0.459 e. The van der Waals surface area contributed by atoms with Gasteiger partial charge >= 0.3 is 0 Å². The molecule has 0 atom stereocenters. The molecule has 0 aromatic carbocycles. The monoisotopic (exact) mass is 315 g/mol. The minimum atomic E-state index is -0.341. The lowest BCUT2D eigenvalue weighted by Gasteiger charge is -2.31. The van der Waals surface area contributed by atoms with E-state index in [4.69, 9.17) is 10.2 Å². The van der Waals surface area contributed by atoms with E-state index >= 15 is 0 Å². The van der Waals surface area contributed by atoms with Gasteiger partial charge in [-0.05, 0) is 25.0 Å². The molecular weight excluding hydrogens is 298 g/mol. The summed E-state index contributed by atoms with van der Waals surface area (Å²) in [5, 5.41) is 2.89. The molecule has 1 saturated heterocycles. The molecule has 0 radical (unpaired) electrons. The average Bonchev–Trinajstić information content (AvgIpc) is 3.09. The van der Waals surface area contributed by atoms with Gasteiger partial charge in [-0.25, -0.2) is 9.97 Å². The van der Waals surface area contributed by atoms with Crippen LogP contribution in [-0.4, -0.2) is 45.8 Å². The van der Waals surface area contributed by atoms with Gasteiger partial charge in [0.25, 0.3) is 11.8 Å². The van der Waals surface area contributed by atoms with Gasteiger partial charge in [0.1, 0.15) is 0 Å². The number of carbonyl (C=O) groups is 2. The summed E-state index contributed by atoms with van der Waals surface area (Å²) in [6.45, 7) is 1.11. The van der Waals surface area contributed by atoms with E-state index in [1.807, 2.05) is 0 Å². The molecule has 1 fully saturated rings. The molecule has 2 aromatic heterocycles. The van der Waals surface area contributed by atoms with E-state index in [1.165, 1.54) is 18.7 Å². The second kappa shape index (κ2) is 6.47. The van der Waals surface area contributed by atoms with Crippen LogP contribution in [0, 0.1) is 0 Å². The number of hydrogen-bond acceptors (Lipinski definition) is 6. The number of rotatable bonds is 3. The molecule has 1 aliphatic heterocycles. The van der Waals surface area contributed by atoms with Gasteiger partial charge in [-0.15, -0.1) is 0 Å². The van der Waals surface area contributed by atoms with E-state index < -0.39 is 0 Å². The third-order valence-electron chi connectivity index (χ3n) is 3.79. The fraction of sp³-hybridized carbons (Fsp3) is 0.333. The number of aromatic nitrogens is 2. The van der Waals surface area contributed by atoms with Gasteiger partial charge in [0, 0.05) is 31.5 Å². The van der Waals surface area contributed by atoms with Gasteiger partial charge in [-0.3, -0.25) is 9.59 Å². The van der Waals surface area contributed by atoms with E-state index in [0.29, 0.717) is 31.7 Å². The number of nitrogens with zero attached hydrogens (tertiary/aromatic N) is 3. The summed E-state index contributed by atoms with van der Waals surface area (Å²) in [7, 11) is 0. The van der Waals surface area contributed by atoms with E-state index in [2.05, 4.69) is 15.3 Å². The highest BCUT2D eigenvalue weighted by Gasteiger charge is 2.26. The maximum Gasteiger partial charge on any atom is 0.289 e. The Morgan fingerprint density at radius 2 is 2.00 bits per heavy atom. The normalized spacial score (nSPS) is 15.4. The minimum absolute atomic E-state index is 0.0236. The lowest BCUT2D eigenvalue weighted by atomic mass is 10.0. The number of amides is 2. The zero-order valence-corrected chi connectivity index (χ0v) is 12.4. The number of piperidine rings is 1. The molecule has 0 bridgehead atoms. The molecule has 120 valence electrons. The van der Waals surface area contributed by atoms with E-state index in [0.717, 1.165) is 0 Å². The van der Waals surface area contributed by atoms with Crippen molar-refractivity contribution in [1.29, 1.82) is 0 Å². The fourth-order valence-electron chi connectivity index (χ4n) is 2.56. The van der Waals surface area contributed by atoms with Gasteiger partial charge in [0.05, 0.1) is 6.26 Å². The lowest BCUT2D eigenvalue weighted by Crippen LogP contribution is -2.46. The SMILES string of the molecule is Nc1nccnc1C(=O)NC1CCN(C(=O)c2ccco2)CC1. The Hall–Kier alpha value is -2.90. The molecule has 23 heavy (non-hydrogen) atoms. The lowest BCUT2D eigenvalue weighted by molar-refractivity contribution is 0.0667. The molecule has 3 N–H and O–H groups in total. The minimum Gasteiger partial charge on any atom is -0.459 e. The van der Waals surface area contributed by atoms with Crippen LogP contribution in [0.15, 0.2) is 35.2 Å². The van der Waals surface area contributed by atoms with Gasteiger partial charge in [-0.2, -0.15) is 0 Å². The highest BCUT2D eigenvalue weighted by molar-refractivity contribution is 5.96. The van der Waals surface area contributed by atoms with Crippen LogP contribution in [-0.2, 0) is 0 Å². The van der Waals surface area contributed by atoms with Crippen molar-refractivity contribution >= 4 is 17.6 Å². The van der Waals surface area contributed by atoms with Gasteiger partial charge in [-0.1, -0.05) is 0 Å². The van der Waals surface area contributed by atoms with Crippen LogP contribution in [0.2, 0.25) is 0 Å². The third-order valence-corrected chi connectivity index (χ3v) is 3.79. The second-order valence-electron chi connectivity index (χ2n) is 5.31. The molecule has 3 rings (SSSR count). The molecule has 1 aliphatic rings. The van der Waals surface area contributed by atoms with E-state index in [1.54, 1.807) is 17.0 Å². The third kappa shape index (κ3) is 3.31. The van der Waals surface area contributed by atoms with Crippen LogP contribution in [0.1, 0.15) is 33.9 Å². The molecule has 2 amide bonds. The summed E-state index contributed by atoms with van der Waals surface area (Å²) in [4.78, 5) is 33.8. The molecule has 0 aliphatic carbocycles. The molecular formula is C15H17N5O3. The molecule has 0 spiro atoms. The number of furan rings is 1. The molecule has 0 saturated carbocycles. The van der Waals surface area contributed by atoms with Crippen LogP contribution in [0.3, 0.4) is 0 Å². The summed E-state index contributed by atoms with van der Waals surface area (Å²) in [5.74, 6) is -0.0281. The van der Waals surface area contributed by atoms with E-state index in [-0.39, 0.29) is 29.4 Å². The number of nitrogen functional groups attached to an aromatic ring is 1. The number of carbonyl (C=O) groups excluding carboxylic acids is 2. The smallest absolute Gasteiger partial charge is 0.289 e. The topological polar surface area (TPSA) is 114 Å². The maximum absolute atomic E-state index is 12.2. The second-order valence-corrected chi connectivity index (χ2v) is 5.31. The maximum atomic E-state index is 12.2. The van der Waals surface area contributed by atoms with Crippen molar-refractivity contribution in [2.75, 3.05) is 18.8 Å². The molecule has 8 nitrogen and oxygen atoms in total. The molecule has 2 aromatic rings. The van der Waals surface area contributed by atoms with Gasteiger partial charge in [0.2, 0.25) is 0 Å². The summed E-state index contributed by atoms with van der Waals surface area (Å²) >= 11 is 0. The summed E-state index contributed by atoms with van der Waals surface area (Å²) < 4.78 is 5.12. The predicted octanol–water partition coefficient (Wildman–Crippen LogP) is 0.686. The number of likely N-dealkylation sites (tertiary alicyclic amines) is 1. The average molecular weight is 315 g/mol. The molecule has 8 heteroatoms. The van der Waals surface area contributed by atoms with Crippen molar-refractivity contribution in [1.82, 2.24) is 20.2 Å².